The first-order chi connectivity index (χ1) is 9.96. The number of benzene rings is 1. The van der Waals surface area contributed by atoms with E-state index in [1.807, 2.05) is 33.0 Å². The van der Waals surface area contributed by atoms with E-state index >= 15 is 0 Å². The molecule has 2 rings (SSSR count). The molecule has 1 aromatic heterocycles. The molecule has 114 valence electrons. The van der Waals surface area contributed by atoms with Crippen LogP contribution in [0.4, 0.5) is 4.79 Å². The van der Waals surface area contributed by atoms with Gasteiger partial charge in [0.05, 0.1) is 0 Å². The Kier molecular flexibility index (Phi) is 4.85. The number of hydrogen-bond acceptors (Lipinski definition) is 3. The lowest BCUT2D eigenvalue weighted by Gasteiger charge is -2.19. The second-order valence-corrected chi connectivity index (χ2v) is 5.96. The van der Waals surface area contributed by atoms with E-state index in [4.69, 9.17) is 4.74 Å². The zero-order valence-electron chi connectivity index (χ0n) is 12.8. The largest absolute Gasteiger partial charge is 0.444 e. The molecule has 1 amide bonds. The molecule has 0 saturated heterocycles. The molecule has 2 aromatic rings. The highest BCUT2D eigenvalue weighted by atomic mass is 16.6. The predicted octanol–water partition coefficient (Wildman–Crippen LogP) is 2.78. The van der Waals surface area contributed by atoms with E-state index in [0.717, 1.165) is 12.1 Å². The minimum atomic E-state index is -0.458. The van der Waals surface area contributed by atoms with Crippen molar-refractivity contribution in [2.75, 3.05) is 13.1 Å². The summed E-state index contributed by atoms with van der Waals surface area (Å²) in [7, 11) is 0. The summed E-state index contributed by atoms with van der Waals surface area (Å²) in [6.45, 7) is 7.53. The van der Waals surface area contributed by atoms with Gasteiger partial charge in [-0.25, -0.2) is 4.79 Å². The number of nitrogens with one attached hydrogen (secondary N) is 3. The van der Waals surface area contributed by atoms with E-state index in [1.165, 1.54) is 10.9 Å². The van der Waals surface area contributed by atoms with Gasteiger partial charge in [0.25, 0.3) is 0 Å². The minimum Gasteiger partial charge on any atom is -0.444 e. The molecule has 5 heteroatoms. The Bertz CT molecular complexity index is 599. The minimum absolute atomic E-state index is 0.379. The molecule has 0 spiro atoms. The summed E-state index contributed by atoms with van der Waals surface area (Å²) in [5, 5.41) is 7.25. The highest BCUT2D eigenvalue weighted by Crippen LogP contribution is 2.16. The van der Waals surface area contributed by atoms with Gasteiger partial charge in [0.15, 0.2) is 0 Å². The Labute approximate surface area is 125 Å². The number of amides is 1. The fourth-order valence-electron chi connectivity index (χ4n) is 2.09. The maximum absolute atomic E-state index is 11.5. The van der Waals surface area contributed by atoms with Gasteiger partial charge in [0, 0.05) is 31.3 Å². The Balaban J connectivity index is 1.71. The van der Waals surface area contributed by atoms with Crippen molar-refractivity contribution in [3.05, 3.63) is 36.0 Å². The molecule has 3 N–H and O–H groups in total. The van der Waals surface area contributed by atoms with Crippen LogP contribution in [0.15, 0.2) is 30.5 Å². The topological polar surface area (TPSA) is 66.2 Å². The van der Waals surface area contributed by atoms with Crippen LogP contribution in [0.1, 0.15) is 26.3 Å². The number of H-pyrrole nitrogens is 1. The van der Waals surface area contributed by atoms with E-state index < -0.39 is 5.60 Å². The van der Waals surface area contributed by atoms with Crippen LogP contribution in [0.5, 0.6) is 0 Å². The van der Waals surface area contributed by atoms with Gasteiger partial charge in [-0.3, -0.25) is 0 Å². The van der Waals surface area contributed by atoms with Crippen LogP contribution in [0.2, 0.25) is 0 Å². The number of para-hydroxylation sites is 1. The molecule has 0 fully saturated rings. The van der Waals surface area contributed by atoms with Gasteiger partial charge in [0.1, 0.15) is 5.60 Å². The fraction of sp³-hybridized carbons (Fsp3) is 0.438. The molecule has 1 aromatic carbocycles. The number of ether oxygens (including phenoxy) is 1. The molecular weight excluding hydrogens is 266 g/mol. The number of carbonyl (C=O) groups is 1. The summed E-state index contributed by atoms with van der Waals surface area (Å²) >= 11 is 0. The van der Waals surface area contributed by atoms with Crippen molar-refractivity contribution < 1.29 is 9.53 Å². The molecule has 0 bridgehead atoms. The average molecular weight is 289 g/mol. The van der Waals surface area contributed by atoms with Gasteiger partial charge in [-0.15, -0.1) is 0 Å². The van der Waals surface area contributed by atoms with Gasteiger partial charge in [-0.1, -0.05) is 18.2 Å². The Morgan fingerprint density at radius 3 is 2.81 bits per heavy atom. The number of carbonyl (C=O) groups excluding carboxylic acids is 1. The number of alkyl carbamates (subject to hydrolysis) is 1. The summed E-state index contributed by atoms with van der Waals surface area (Å²) in [5.41, 5.74) is 1.92. The van der Waals surface area contributed by atoms with E-state index in [0.29, 0.717) is 13.1 Å². The van der Waals surface area contributed by atoms with Crippen molar-refractivity contribution >= 4 is 17.0 Å². The second-order valence-electron chi connectivity index (χ2n) is 5.96. The third-order valence-electron chi connectivity index (χ3n) is 2.96. The lowest BCUT2D eigenvalue weighted by Crippen LogP contribution is -2.36. The van der Waals surface area contributed by atoms with Crippen molar-refractivity contribution in [1.29, 1.82) is 0 Å². The van der Waals surface area contributed by atoms with Crippen LogP contribution in [-0.4, -0.2) is 29.8 Å². The van der Waals surface area contributed by atoms with Crippen molar-refractivity contribution in [3.63, 3.8) is 0 Å². The van der Waals surface area contributed by atoms with Crippen LogP contribution in [-0.2, 0) is 11.3 Å². The molecule has 0 aliphatic rings. The zero-order valence-corrected chi connectivity index (χ0v) is 12.8. The smallest absolute Gasteiger partial charge is 0.407 e. The Morgan fingerprint density at radius 2 is 2.05 bits per heavy atom. The van der Waals surface area contributed by atoms with Crippen LogP contribution in [0.3, 0.4) is 0 Å². The third-order valence-corrected chi connectivity index (χ3v) is 2.96. The van der Waals surface area contributed by atoms with Crippen LogP contribution < -0.4 is 10.6 Å². The monoisotopic (exact) mass is 289 g/mol. The lowest BCUT2D eigenvalue weighted by molar-refractivity contribution is 0.0528. The highest BCUT2D eigenvalue weighted by molar-refractivity contribution is 5.82. The second kappa shape index (κ2) is 6.63. The van der Waals surface area contributed by atoms with Gasteiger partial charge in [0.2, 0.25) is 0 Å². The van der Waals surface area contributed by atoms with E-state index in [1.54, 1.807) is 0 Å². The maximum atomic E-state index is 11.5. The van der Waals surface area contributed by atoms with Gasteiger partial charge >= 0.3 is 6.09 Å². The molecule has 21 heavy (non-hydrogen) atoms. The van der Waals surface area contributed by atoms with E-state index in [-0.39, 0.29) is 6.09 Å². The molecule has 0 atom stereocenters. The van der Waals surface area contributed by atoms with Crippen LogP contribution >= 0.6 is 0 Å². The zero-order chi connectivity index (χ0) is 15.3. The summed E-state index contributed by atoms with van der Waals surface area (Å²) in [5.74, 6) is 0. The molecular formula is C16H23N3O2. The number of aromatic nitrogens is 1. The molecule has 0 radical (unpaired) electrons. The normalized spacial score (nSPS) is 11.6. The van der Waals surface area contributed by atoms with E-state index in [9.17, 15) is 4.79 Å². The first kappa shape index (κ1) is 15.4. The van der Waals surface area contributed by atoms with Crippen molar-refractivity contribution in [3.8, 4) is 0 Å². The molecule has 0 aliphatic heterocycles. The quantitative estimate of drug-likeness (QED) is 0.742. The summed E-state index contributed by atoms with van der Waals surface area (Å²) < 4.78 is 5.17. The van der Waals surface area contributed by atoms with E-state index in [2.05, 4.69) is 33.8 Å². The number of rotatable bonds is 5. The van der Waals surface area contributed by atoms with Crippen LogP contribution in [0, 0.1) is 0 Å². The molecule has 0 unspecified atom stereocenters. The first-order valence-electron chi connectivity index (χ1n) is 7.18. The molecule has 0 saturated carbocycles. The van der Waals surface area contributed by atoms with Crippen molar-refractivity contribution in [1.82, 2.24) is 15.6 Å². The van der Waals surface area contributed by atoms with Crippen molar-refractivity contribution in [2.24, 2.45) is 0 Å². The standard InChI is InChI=1S/C16H23N3O2/c1-16(2,3)21-15(20)19-10-9-17-11-13-6-4-5-12-7-8-18-14(12)13/h4-8,17-18H,9-11H2,1-3H3,(H,19,20). The number of aromatic amines is 1. The van der Waals surface area contributed by atoms with Crippen LogP contribution in [0.25, 0.3) is 10.9 Å². The predicted molar refractivity (Wildman–Crippen MR) is 84.2 cm³/mol. The molecule has 1 heterocycles. The lowest BCUT2D eigenvalue weighted by atomic mass is 10.1. The summed E-state index contributed by atoms with van der Waals surface area (Å²) in [6.07, 6.45) is 1.56. The van der Waals surface area contributed by atoms with Gasteiger partial charge in [-0.2, -0.15) is 0 Å². The van der Waals surface area contributed by atoms with Gasteiger partial charge in [-0.05, 0) is 37.8 Å². The highest BCUT2D eigenvalue weighted by Gasteiger charge is 2.15. The fourth-order valence-corrected chi connectivity index (χ4v) is 2.09. The molecule has 5 nitrogen and oxygen atoms in total. The number of hydrogen-bond donors (Lipinski definition) is 3. The SMILES string of the molecule is CC(C)(C)OC(=O)NCCNCc1cccc2cc[nH]c12. The Hall–Kier alpha value is -2.01. The number of fused-ring (bicyclic) bond motifs is 1. The third kappa shape index (κ3) is 4.79. The maximum Gasteiger partial charge on any atom is 0.407 e. The van der Waals surface area contributed by atoms with Gasteiger partial charge < -0.3 is 20.4 Å². The average Bonchev–Trinajstić information content (AvgIpc) is 2.85. The summed E-state index contributed by atoms with van der Waals surface area (Å²) in [6, 6.07) is 8.28. The first-order valence-corrected chi connectivity index (χ1v) is 7.18. The Morgan fingerprint density at radius 1 is 1.24 bits per heavy atom. The molecule has 0 aliphatic carbocycles. The summed E-state index contributed by atoms with van der Waals surface area (Å²) in [4.78, 5) is 14.7. The van der Waals surface area contributed by atoms with Crippen molar-refractivity contribution in [2.45, 2.75) is 32.9 Å².